The van der Waals surface area contributed by atoms with Gasteiger partial charge in [0.05, 0.1) is 30.8 Å². The molecule has 0 aliphatic carbocycles. The van der Waals surface area contributed by atoms with Gasteiger partial charge in [0.2, 0.25) is 11.8 Å². The number of ether oxygens (including phenoxy) is 2. The molecular formula is C31H44N2O6. The van der Waals surface area contributed by atoms with Crippen molar-refractivity contribution in [3.8, 4) is 0 Å². The maximum atomic E-state index is 14.5. The number of benzene rings is 1. The summed E-state index contributed by atoms with van der Waals surface area (Å²) < 4.78 is 12.2. The summed E-state index contributed by atoms with van der Waals surface area (Å²) >= 11 is 0. The first kappa shape index (κ1) is 29.3. The number of hydrogen-bond acceptors (Lipinski definition) is 6. The molecule has 3 heterocycles. The van der Waals surface area contributed by atoms with Gasteiger partial charge in [-0.2, -0.15) is 0 Å². The number of rotatable bonds is 13. The van der Waals surface area contributed by atoms with Crippen molar-refractivity contribution in [2.45, 2.75) is 83.1 Å². The van der Waals surface area contributed by atoms with Gasteiger partial charge < -0.3 is 24.4 Å². The van der Waals surface area contributed by atoms with Gasteiger partial charge in [-0.1, -0.05) is 63.1 Å². The van der Waals surface area contributed by atoms with Crippen LogP contribution in [0, 0.1) is 17.8 Å². The van der Waals surface area contributed by atoms with E-state index in [1.54, 1.807) is 22.8 Å². The predicted octanol–water partition coefficient (Wildman–Crippen LogP) is 3.37. The molecule has 8 nitrogen and oxygen atoms in total. The van der Waals surface area contributed by atoms with E-state index in [9.17, 15) is 19.5 Å². The minimum absolute atomic E-state index is 0.0687. The lowest BCUT2D eigenvalue weighted by molar-refractivity contribution is -0.163. The van der Waals surface area contributed by atoms with Crippen molar-refractivity contribution < 1.29 is 29.0 Å². The van der Waals surface area contributed by atoms with Crippen LogP contribution in [0.3, 0.4) is 0 Å². The first-order chi connectivity index (χ1) is 18.7. The molecule has 1 spiro atoms. The smallest absolute Gasteiger partial charge is 0.312 e. The van der Waals surface area contributed by atoms with Crippen LogP contribution in [0.1, 0.15) is 58.9 Å². The summed E-state index contributed by atoms with van der Waals surface area (Å²) in [5, 5.41) is 10.6. The third kappa shape index (κ3) is 4.91. The van der Waals surface area contributed by atoms with Gasteiger partial charge in [-0.05, 0) is 44.6 Å². The second-order valence-electron chi connectivity index (χ2n) is 11.5. The number of carbonyl (C=O) groups is 3. The molecule has 2 bridgehead atoms. The van der Waals surface area contributed by atoms with Gasteiger partial charge in [0.15, 0.2) is 0 Å². The molecule has 1 aromatic carbocycles. The average molecular weight is 541 g/mol. The van der Waals surface area contributed by atoms with Crippen LogP contribution in [0.4, 0.5) is 0 Å². The largest absolute Gasteiger partial charge is 0.466 e. The van der Waals surface area contributed by atoms with Gasteiger partial charge in [-0.3, -0.25) is 14.4 Å². The molecular weight excluding hydrogens is 496 g/mol. The van der Waals surface area contributed by atoms with Crippen molar-refractivity contribution in [2.24, 2.45) is 17.8 Å². The third-order valence-electron chi connectivity index (χ3n) is 9.14. The van der Waals surface area contributed by atoms with Crippen LogP contribution < -0.4 is 0 Å². The number of nitrogens with zero attached hydrogens (tertiary/aromatic N) is 2. The lowest BCUT2D eigenvalue weighted by Gasteiger charge is -2.39. The Hall–Kier alpha value is -2.71. The fraction of sp³-hybridized carbons (Fsp3) is 0.645. The molecule has 3 unspecified atom stereocenters. The monoisotopic (exact) mass is 540 g/mol. The van der Waals surface area contributed by atoms with Crippen LogP contribution in [-0.4, -0.2) is 82.3 Å². The quantitative estimate of drug-likeness (QED) is 0.234. The number of hydrogen-bond donors (Lipinski definition) is 1. The highest BCUT2D eigenvalue weighted by Crippen LogP contribution is 2.65. The molecule has 2 amide bonds. The lowest BCUT2D eigenvalue weighted by Crippen LogP contribution is -2.59. The maximum Gasteiger partial charge on any atom is 0.312 e. The van der Waals surface area contributed by atoms with Crippen LogP contribution in [0.5, 0.6) is 0 Å². The molecule has 214 valence electrons. The van der Waals surface area contributed by atoms with Crippen LogP contribution >= 0.6 is 0 Å². The molecule has 3 saturated heterocycles. The van der Waals surface area contributed by atoms with Crippen molar-refractivity contribution in [3.63, 3.8) is 0 Å². The van der Waals surface area contributed by atoms with E-state index in [0.717, 1.165) is 24.8 Å². The zero-order valence-electron chi connectivity index (χ0n) is 23.8. The molecule has 0 radical (unpaired) electrons. The summed E-state index contributed by atoms with van der Waals surface area (Å²) in [5.41, 5.74) is -1.14. The highest BCUT2D eigenvalue weighted by atomic mass is 16.6. The number of amides is 2. The molecule has 8 heteroatoms. The molecule has 1 aromatic rings. The Labute approximate surface area is 232 Å². The highest BCUT2D eigenvalue weighted by molar-refractivity contribution is 5.98. The minimum atomic E-state index is -1.17. The zero-order valence-corrected chi connectivity index (χ0v) is 23.8. The van der Waals surface area contributed by atoms with Crippen LogP contribution in [-0.2, 0) is 30.3 Å². The molecule has 0 saturated carbocycles. The molecule has 3 fully saturated rings. The normalized spacial score (nSPS) is 31.7. The Morgan fingerprint density at radius 3 is 2.62 bits per heavy atom. The summed E-state index contributed by atoms with van der Waals surface area (Å²) in [4.78, 5) is 45.6. The number of fused-ring (bicyclic) bond motifs is 1. The van der Waals surface area contributed by atoms with E-state index in [2.05, 4.69) is 13.5 Å². The van der Waals surface area contributed by atoms with Crippen LogP contribution in [0.15, 0.2) is 43.0 Å². The first-order valence-electron chi connectivity index (χ1n) is 14.4. The highest BCUT2D eigenvalue weighted by Gasteiger charge is 2.80. The number of unbranched alkanes of at least 4 members (excludes halogenated alkanes) is 2. The second-order valence-corrected chi connectivity index (χ2v) is 11.5. The fourth-order valence-corrected chi connectivity index (χ4v) is 7.25. The molecule has 3 aliphatic rings. The number of carbonyl (C=O) groups excluding carboxylic acids is 3. The Morgan fingerprint density at radius 2 is 2.00 bits per heavy atom. The first-order valence-corrected chi connectivity index (χ1v) is 14.4. The van der Waals surface area contributed by atoms with E-state index < -0.39 is 41.1 Å². The van der Waals surface area contributed by atoms with Crippen molar-refractivity contribution >= 4 is 17.8 Å². The van der Waals surface area contributed by atoms with Gasteiger partial charge in [0, 0.05) is 13.1 Å². The lowest BCUT2D eigenvalue weighted by atomic mass is 9.62. The SMILES string of the molecule is C=CCN(CCCCC)C(=O)C1N([C@@H](CO)Cc2ccccc2)C(=O)[C@@H]2[C@H](C(=O)OCC)[C@@]3(C)OC12CC3C. The van der Waals surface area contributed by atoms with Gasteiger partial charge in [0.25, 0.3) is 0 Å². The maximum absolute atomic E-state index is 14.5. The van der Waals surface area contributed by atoms with Gasteiger partial charge >= 0.3 is 5.97 Å². The number of aliphatic hydroxyl groups is 1. The summed E-state index contributed by atoms with van der Waals surface area (Å²) in [6, 6.07) is 8.02. The minimum Gasteiger partial charge on any atom is -0.466 e. The third-order valence-corrected chi connectivity index (χ3v) is 9.14. The molecule has 3 aliphatic heterocycles. The Balaban J connectivity index is 1.81. The number of aliphatic hydroxyl groups excluding tert-OH is 1. The second kappa shape index (κ2) is 11.8. The van der Waals surface area contributed by atoms with Crippen LogP contribution in [0.2, 0.25) is 0 Å². The van der Waals surface area contributed by atoms with Gasteiger partial charge in [0.1, 0.15) is 17.6 Å². The van der Waals surface area contributed by atoms with Crippen molar-refractivity contribution in [1.82, 2.24) is 9.80 Å². The fourth-order valence-electron chi connectivity index (χ4n) is 7.25. The van der Waals surface area contributed by atoms with Crippen molar-refractivity contribution in [2.75, 3.05) is 26.3 Å². The summed E-state index contributed by atoms with van der Waals surface area (Å²) in [6.45, 7) is 12.4. The average Bonchev–Trinajstić information content (AvgIpc) is 3.44. The standard InChI is InChI=1S/C31H44N2O6/c1-6-9-13-17-32(16-7-2)28(36)26-31-19-21(4)30(5,39-31)25(29(37)38-8-3)24(31)27(35)33(26)23(20-34)18-22-14-11-10-12-15-22/h7,10-12,14-15,21,23-26,34H,2,6,8-9,13,16-20H2,1,3-5H3/t21?,23-,24+,25-,26?,30+,31?/m1/s1. The van der Waals surface area contributed by atoms with E-state index >= 15 is 0 Å². The van der Waals surface area contributed by atoms with E-state index in [1.165, 1.54) is 0 Å². The number of esters is 1. The molecule has 1 N–H and O–H groups in total. The van der Waals surface area contributed by atoms with Gasteiger partial charge in [-0.15, -0.1) is 6.58 Å². The van der Waals surface area contributed by atoms with Crippen molar-refractivity contribution in [1.29, 1.82) is 0 Å². The zero-order chi connectivity index (χ0) is 28.4. The Kier molecular flexibility index (Phi) is 8.86. The summed E-state index contributed by atoms with van der Waals surface area (Å²) in [5.74, 6) is -2.73. The van der Waals surface area contributed by atoms with E-state index in [0.29, 0.717) is 25.9 Å². The topological polar surface area (TPSA) is 96.4 Å². The molecule has 39 heavy (non-hydrogen) atoms. The molecule has 4 rings (SSSR count). The van der Waals surface area contributed by atoms with E-state index in [4.69, 9.17) is 9.47 Å². The van der Waals surface area contributed by atoms with E-state index in [-0.39, 0.29) is 30.9 Å². The van der Waals surface area contributed by atoms with E-state index in [1.807, 2.05) is 44.2 Å². The van der Waals surface area contributed by atoms with Crippen molar-refractivity contribution in [3.05, 3.63) is 48.6 Å². The Morgan fingerprint density at radius 1 is 1.28 bits per heavy atom. The molecule has 0 aromatic heterocycles. The summed E-state index contributed by atoms with van der Waals surface area (Å²) in [6.07, 6.45) is 5.38. The Bertz CT molecular complexity index is 1060. The van der Waals surface area contributed by atoms with Gasteiger partial charge in [-0.25, -0.2) is 0 Å². The summed E-state index contributed by atoms with van der Waals surface area (Å²) in [7, 11) is 0. The molecule has 7 atom stereocenters. The predicted molar refractivity (Wildman–Crippen MR) is 148 cm³/mol. The van der Waals surface area contributed by atoms with Crippen LogP contribution in [0.25, 0.3) is 0 Å². The number of likely N-dealkylation sites (tertiary alicyclic amines) is 1.